The first-order chi connectivity index (χ1) is 10.2. The minimum atomic E-state index is -0.788. The van der Waals surface area contributed by atoms with Gasteiger partial charge in [-0.25, -0.2) is 4.57 Å². The largest absolute Gasteiger partial charge is 0.497 e. The Kier molecular flexibility index (Phi) is 5.10. The second kappa shape index (κ2) is 7.24. The number of ether oxygens (including phenoxy) is 1. The molecular weight excluding hydrogens is 266 g/mol. The number of aryl methyl sites for hydroxylation is 1. The van der Waals surface area contributed by atoms with E-state index in [1.165, 1.54) is 0 Å². The lowest BCUT2D eigenvalue weighted by Crippen LogP contribution is -2.33. The maximum Gasteiger partial charge on any atom is 0.309 e. The number of pyridine rings is 1. The van der Waals surface area contributed by atoms with E-state index in [9.17, 15) is 4.79 Å². The van der Waals surface area contributed by atoms with Crippen LogP contribution in [0.1, 0.15) is 17.5 Å². The Morgan fingerprint density at radius 3 is 2.57 bits per heavy atom. The van der Waals surface area contributed by atoms with Gasteiger partial charge < -0.3 is 9.84 Å². The number of hydrogen-bond acceptors (Lipinski definition) is 2. The molecule has 21 heavy (non-hydrogen) atoms. The highest BCUT2D eigenvalue weighted by molar-refractivity contribution is 5.69. The number of rotatable bonds is 6. The number of methoxy groups -OCH3 is 1. The number of aliphatic carboxylic acids is 1. The number of hydrogen-bond donors (Lipinski definition) is 1. The standard InChI is InChI=1S/C17H17NO3/c1-21-16-4-2-3-15(13-16)6-5-14-7-10-18(11-8-14)12-9-17(19)20/h2-8,10-11,13H,9,12H2,1H3/p+1/b6-5-. The first-order valence-electron chi connectivity index (χ1n) is 6.70. The summed E-state index contributed by atoms with van der Waals surface area (Å²) in [5.41, 5.74) is 2.13. The van der Waals surface area contributed by atoms with Crippen LogP contribution in [0.5, 0.6) is 5.75 Å². The summed E-state index contributed by atoms with van der Waals surface area (Å²) in [6, 6.07) is 11.7. The predicted molar refractivity (Wildman–Crippen MR) is 80.8 cm³/mol. The van der Waals surface area contributed by atoms with Gasteiger partial charge in [-0.3, -0.25) is 4.79 Å². The van der Waals surface area contributed by atoms with E-state index in [-0.39, 0.29) is 6.42 Å². The van der Waals surface area contributed by atoms with Crippen LogP contribution in [0.3, 0.4) is 0 Å². The third kappa shape index (κ3) is 4.76. The third-order valence-corrected chi connectivity index (χ3v) is 3.06. The van der Waals surface area contributed by atoms with Crippen molar-refractivity contribution in [1.82, 2.24) is 0 Å². The molecule has 108 valence electrons. The molecule has 2 aromatic rings. The molecule has 0 fully saturated rings. The van der Waals surface area contributed by atoms with Crippen molar-refractivity contribution in [3.8, 4) is 5.75 Å². The van der Waals surface area contributed by atoms with Crippen LogP contribution in [0.25, 0.3) is 12.2 Å². The van der Waals surface area contributed by atoms with Crippen molar-refractivity contribution in [2.45, 2.75) is 13.0 Å². The summed E-state index contributed by atoms with van der Waals surface area (Å²) < 4.78 is 7.04. The number of carboxylic acids is 1. The van der Waals surface area contributed by atoms with E-state index < -0.39 is 5.97 Å². The van der Waals surface area contributed by atoms with E-state index >= 15 is 0 Å². The maximum atomic E-state index is 10.5. The molecule has 1 N–H and O–H groups in total. The first kappa shape index (κ1) is 14.8. The van der Waals surface area contributed by atoms with Crippen molar-refractivity contribution >= 4 is 18.1 Å². The lowest BCUT2D eigenvalue weighted by molar-refractivity contribution is -0.696. The van der Waals surface area contributed by atoms with Gasteiger partial charge in [0.2, 0.25) is 0 Å². The van der Waals surface area contributed by atoms with Crippen molar-refractivity contribution in [1.29, 1.82) is 0 Å². The van der Waals surface area contributed by atoms with E-state index in [2.05, 4.69) is 0 Å². The molecular formula is C17H18NO3+. The van der Waals surface area contributed by atoms with Gasteiger partial charge >= 0.3 is 5.97 Å². The first-order valence-corrected chi connectivity index (χ1v) is 6.70. The highest BCUT2D eigenvalue weighted by atomic mass is 16.5. The van der Waals surface area contributed by atoms with Gasteiger partial charge in [-0.15, -0.1) is 0 Å². The van der Waals surface area contributed by atoms with E-state index in [4.69, 9.17) is 9.84 Å². The fourth-order valence-electron chi connectivity index (χ4n) is 1.89. The van der Waals surface area contributed by atoms with Gasteiger partial charge in [0.15, 0.2) is 18.9 Å². The quantitative estimate of drug-likeness (QED) is 0.830. The van der Waals surface area contributed by atoms with Gasteiger partial charge in [0, 0.05) is 12.1 Å². The van der Waals surface area contributed by atoms with E-state index in [0.29, 0.717) is 6.54 Å². The predicted octanol–water partition coefficient (Wildman–Crippen LogP) is 2.63. The Morgan fingerprint density at radius 1 is 1.19 bits per heavy atom. The van der Waals surface area contributed by atoms with Crippen LogP contribution in [0.2, 0.25) is 0 Å². The SMILES string of the molecule is COc1cccc(/C=C\c2cc[n+](CCC(=O)O)cc2)c1. The molecule has 0 amide bonds. The van der Waals surface area contributed by atoms with Crippen LogP contribution < -0.4 is 9.30 Å². The normalized spacial score (nSPS) is 10.7. The Labute approximate surface area is 123 Å². The molecule has 0 unspecified atom stereocenters. The van der Waals surface area contributed by atoms with Gasteiger partial charge in [-0.05, 0) is 23.3 Å². The Morgan fingerprint density at radius 2 is 1.90 bits per heavy atom. The molecule has 0 saturated carbocycles. The number of nitrogens with zero attached hydrogens (tertiary/aromatic N) is 1. The molecule has 0 aliphatic carbocycles. The van der Waals surface area contributed by atoms with Crippen LogP contribution in [-0.2, 0) is 11.3 Å². The number of aromatic nitrogens is 1. The fraction of sp³-hybridized carbons (Fsp3) is 0.176. The van der Waals surface area contributed by atoms with Gasteiger partial charge in [0.05, 0.1) is 7.11 Å². The Hall–Kier alpha value is -2.62. The smallest absolute Gasteiger partial charge is 0.309 e. The average molecular weight is 284 g/mol. The van der Waals surface area contributed by atoms with E-state index in [1.54, 1.807) is 7.11 Å². The Bertz CT molecular complexity index is 633. The van der Waals surface area contributed by atoms with Crippen molar-refractivity contribution in [2.75, 3.05) is 7.11 Å². The molecule has 0 spiro atoms. The molecule has 0 saturated heterocycles. The van der Waals surface area contributed by atoms with Crippen molar-refractivity contribution < 1.29 is 19.2 Å². The van der Waals surface area contributed by atoms with Crippen molar-refractivity contribution in [2.24, 2.45) is 0 Å². The Balaban J connectivity index is 2.02. The molecule has 0 radical (unpaired) electrons. The molecule has 4 heteroatoms. The summed E-state index contributed by atoms with van der Waals surface area (Å²) in [7, 11) is 1.65. The minimum Gasteiger partial charge on any atom is -0.497 e. The lowest BCUT2D eigenvalue weighted by atomic mass is 10.1. The molecule has 0 aliphatic heterocycles. The number of benzene rings is 1. The molecule has 2 rings (SSSR count). The summed E-state index contributed by atoms with van der Waals surface area (Å²) >= 11 is 0. The summed E-state index contributed by atoms with van der Waals surface area (Å²) in [5, 5.41) is 8.65. The van der Waals surface area contributed by atoms with Crippen LogP contribution in [0, 0.1) is 0 Å². The topological polar surface area (TPSA) is 50.4 Å². The summed E-state index contributed by atoms with van der Waals surface area (Å²) in [4.78, 5) is 10.5. The van der Waals surface area contributed by atoms with Crippen LogP contribution in [-0.4, -0.2) is 18.2 Å². The zero-order valence-electron chi connectivity index (χ0n) is 11.9. The highest BCUT2D eigenvalue weighted by Crippen LogP contribution is 2.14. The summed E-state index contributed by atoms with van der Waals surface area (Å²) in [6.45, 7) is 0.481. The van der Waals surface area contributed by atoms with Gasteiger partial charge in [-0.1, -0.05) is 24.3 Å². The monoisotopic (exact) mass is 284 g/mol. The zero-order chi connectivity index (χ0) is 15.1. The molecule has 4 nitrogen and oxygen atoms in total. The average Bonchev–Trinajstić information content (AvgIpc) is 2.52. The molecule has 0 aliphatic rings. The van der Waals surface area contributed by atoms with Crippen LogP contribution in [0.15, 0.2) is 48.8 Å². The maximum absolute atomic E-state index is 10.5. The fourth-order valence-corrected chi connectivity index (χ4v) is 1.89. The molecule has 1 heterocycles. The molecule has 1 aromatic carbocycles. The highest BCUT2D eigenvalue weighted by Gasteiger charge is 2.03. The van der Waals surface area contributed by atoms with Gasteiger partial charge in [-0.2, -0.15) is 0 Å². The molecule has 0 atom stereocenters. The molecule has 1 aromatic heterocycles. The zero-order valence-corrected chi connectivity index (χ0v) is 11.9. The van der Waals surface area contributed by atoms with Gasteiger partial charge in [0.1, 0.15) is 12.2 Å². The van der Waals surface area contributed by atoms with Crippen molar-refractivity contribution in [3.63, 3.8) is 0 Å². The van der Waals surface area contributed by atoms with Gasteiger partial charge in [0.25, 0.3) is 0 Å². The minimum absolute atomic E-state index is 0.129. The number of carbonyl (C=O) groups is 1. The lowest BCUT2D eigenvalue weighted by Gasteiger charge is -2.00. The van der Waals surface area contributed by atoms with Crippen molar-refractivity contribution in [3.05, 3.63) is 59.9 Å². The summed E-state index contributed by atoms with van der Waals surface area (Å²) in [6.07, 6.45) is 7.92. The van der Waals surface area contributed by atoms with Crippen LogP contribution in [0.4, 0.5) is 0 Å². The molecule has 0 bridgehead atoms. The second-order valence-corrected chi connectivity index (χ2v) is 4.62. The number of carboxylic acid groups (broad SMARTS) is 1. The van der Waals surface area contributed by atoms with Crippen LogP contribution >= 0.6 is 0 Å². The van der Waals surface area contributed by atoms with E-state index in [0.717, 1.165) is 16.9 Å². The van der Waals surface area contributed by atoms with E-state index in [1.807, 2.05) is 65.5 Å². The summed E-state index contributed by atoms with van der Waals surface area (Å²) in [5.74, 6) is 0.0428. The second-order valence-electron chi connectivity index (χ2n) is 4.62. The third-order valence-electron chi connectivity index (χ3n) is 3.06.